The van der Waals surface area contributed by atoms with Crippen molar-refractivity contribution in [3.05, 3.63) is 22.7 Å². The second-order valence-electron chi connectivity index (χ2n) is 2.75. The maximum Gasteiger partial charge on any atom is 0.181 e. The van der Waals surface area contributed by atoms with Crippen molar-refractivity contribution in [1.29, 1.82) is 0 Å². The number of hydrogen-bond acceptors (Lipinski definition) is 3. The lowest BCUT2D eigenvalue weighted by Gasteiger charge is -2.11. The van der Waals surface area contributed by atoms with Gasteiger partial charge in [0, 0.05) is 11.1 Å². The van der Waals surface area contributed by atoms with Crippen molar-refractivity contribution in [3.63, 3.8) is 0 Å². The standard InChI is InChI=1S/C10H10Cl2O3/c1-14-9-4-6(12)3-7(8(13)5-11)10(9)15-2/h3-4H,5H2,1-2H3. The van der Waals surface area contributed by atoms with E-state index >= 15 is 0 Å². The summed E-state index contributed by atoms with van der Waals surface area (Å²) in [4.78, 5) is 11.5. The Morgan fingerprint density at radius 3 is 2.47 bits per heavy atom. The number of carbonyl (C=O) groups is 1. The molecule has 0 bridgehead atoms. The third kappa shape index (κ3) is 2.55. The molecule has 0 amide bonds. The molecule has 82 valence electrons. The molecule has 0 aliphatic heterocycles. The first-order chi connectivity index (χ1) is 7.13. The molecular weight excluding hydrogens is 239 g/mol. The Labute approximate surface area is 97.9 Å². The van der Waals surface area contributed by atoms with Crippen LogP contribution in [0.1, 0.15) is 10.4 Å². The van der Waals surface area contributed by atoms with Gasteiger partial charge in [-0.05, 0) is 6.07 Å². The van der Waals surface area contributed by atoms with Crippen LogP contribution < -0.4 is 9.47 Å². The van der Waals surface area contributed by atoms with E-state index in [4.69, 9.17) is 32.7 Å². The topological polar surface area (TPSA) is 35.5 Å². The van der Waals surface area contributed by atoms with Gasteiger partial charge in [0.25, 0.3) is 0 Å². The van der Waals surface area contributed by atoms with Crippen LogP contribution in [0.15, 0.2) is 12.1 Å². The van der Waals surface area contributed by atoms with Crippen LogP contribution in [0.2, 0.25) is 5.02 Å². The molecule has 0 saturated heterocycles. The average molecular weight is 249 g/mol. The first-order valence-electron chi connectivity index (χ1n) is 4.14. The molecule has 0 unspecified atom stereocenters. The normalized spacial score (nSPS) is 9.87. The minimum Gasteiger partial charge on any atom is -0.493 e. The summed E-state index contributed by atoms with van der Waals surface area (Å²) < 4.78 is 10.1. The van der Waals surface area contributed by atoms with E-state index in [1.807, 2.05) is 0 Å². The monoisotopic (exact) mass is 248 g/mol. The van der Waals surface area contributed by atoms with Crippen LogP contribution in [-0.4, -0.2) is 25.9 Å². The van der Waals surface area contributed by atoms with E-state index in [0.717, 1.165) is 0 Å². The summed E-state index contributed by atoms with van der Waals surface area (Å²) in [5, 5.41) is 0.404. The van der Waals surface area contributed by atoms with Gasteiger partial charge in [-0.1, -0.05) is 11.6 Å². The second-order valence-corrected chi connectivity index (χ2v) is 3.45. The van der Waals surface area contributed by atoms with Gasteiger partial charge in [-0.3, -0.25) is 4.79 Å². The number of benzene rings is 1. The van der Waals surface area contributed by atoms with Crippen LogP contribution in [-0.2, 0) is 0 Å². The molecule has 0 heterocycles. The van der Waals surface area contributed by atoms with E-state index in [9.17, 15) is 4.79 Å². The van der Waals surface area contributed by atoms with Crippen molar-refractivity contribution in [2.24, 2.45) is 0 Å². The third-order valence-corrected chi connectivity index (χ3v) is 2.33. The highest BCUT2D eigenvalue weighted by molar-refractivity contribution is 6.33. The fourth-order valence-electron chi connectivity index (χ4n) is 1.21. The molecule has 1 aromatic carbocycles. The van der Waals surface area contributed by atoms with Crippen LogP contribution in [0, 0.1) is 0 Å². The summed E-state index contributed by atoms with van der Waals surface area (Å²) in [5.41, 5.74) is 0.330. The van der Waals surface area contributed by atoms with E-state index in [1.54, 1.807) is 6.07 Å². The minimum atomic E-state index is -0.255. The van der Waals surface area contributed by atoms with Crippen LogP contribution in [0.25, 0.3) is 0 Å². The van der Waals surface area contributed by atoms with Gasteiger partial charge in [0.15, 0.2) is 17.3 Å². The first-order valence-corrected chi connectivity index (χ1v) is 5.06. The number of ether oxygens (including phenoxy) is 2. The highest BCUT2D eigenvalue weighted by Crippen LogP contribution is 2.34. The smallest absolute Gasteiger partial charge is 0.181 e. The lowest BCUT2D eigenvalue weighted by molar-refractivity contribution is 0.101. The zero-order valence-electron chi connectivity index (χ0n) is 8.34. The summed E-state index contributed by atoms with van der Waals surface area (Å²) in [6.07, 6.45) is 0. The third-order valence-electron chi connectivity index (χ3n) is 1.87. The van der Waals surface area contributed by atoms with Crippen molar-refractivity contribution in [2.45, 2.75) is 0 Å². The lowest BCUT2D eigenvalue weighted by Crippen LogP contribution is -2.04. The number of alkyl halides is 1. The number of methoxy groups -OCH3 is 2. The maximum atomic E-state index is 11.5. The van der Waals surface area contributed by atoms with Crippen LogP contribution in [0.5, 0.6) is 11.5 Å². The molecule has 0 aliphatic rings. The summed E-state index contributed by atoms with van der Waals surface area (Å²) in [6.45, 7) is 0. The average Bonchev–Trinajstić information content (AvgIpc) is 2.26. The van der Waals surface area contributed by atoms with Gasteiger partial charge in [-0.25, -0.2) is 0 Å². The molecule has 0 fully saturated rings. The van der Waals surface area contributed by atoms with Gasteiger partial charge in [0.1, 0.15) is 0 Å². The van der Waals surface area contributed by atoms with E-state index in [2.05, 4.69) is 0 Å². The van der Waals surface area contributed by atoms with Gasteiger partial charge in [0.2, 0.25) is 0 Å². The number of halogens is 2. The maximum absolute atomic E-state index is 11.5. The minimum absolute atomic E-state index is 0.125. The van der Waals surface area contributed by atoms with E-state index in [1.165, 1.54) is 20.3 Å². The summed E-state index contributed by atoms with van der Waals surface area (Å²) in [5.74, 6) is 0.389. The fourth-order valence-corrected chi connectivity index (χ4v) is 1.56. The summed E-state index contributed by atoms with van der Waals surface area (Å²) >= 11 is 11.3. The highest BCUT2D eigenvalue weighted by atomic mass is 35.5. The SMILES string of the molecule is COc1cc(Cl)cc(C(=O)CCl)c1OC. The zero-order valence-corrected chi connectivity index (χ0v) is 9.85. The van der Waals surface area contributed by atoms with Crippen LogP contribution >= 0.6 is 23.2 Å². The lowest BCUT2D eigenvalue weighted by atomic mass is 10.1. The van der Waals surface area contributed by atoms with Gasteiger partial charge >= 0.3 is 0 Å². The molecular formula is C10H10Cl2O3. The Balaban J connectivity index is 3.35. The number of carbonyl (C=O) groups excluding carboxylic acids is 1. The molecule has 0 spiro atoms. The quantitative estimate of drug-likeness (QED) is 0.608. The highest BCUT2D eigenvalue weighted by Gasteiger charge is 2.17. The van der Waals surface area contributed by atoms with Gasteiger partial charge in [-0.2, -0.15) is 0 Å². The number of hydrogen-bond donors (Lipinski definition) is 0. The van der Waals surface area contributed by atoms with Crippen LogP contribution in [0.4, 0.5) is 0 Å². The number of rotatable bonds is 4. The Hall–Kier alpha value is -0.930. The van der Waals surface area contributed by atoms with Gasteiger partial charge in [0.05, 0.1) is 25.7 Å². The van der Waals surface area contributed by atoms with Crippen molar-refractivity contribution >= 4 is 29.0 Å². The molecule has 0 atom stereocenters. The predicted molar refractivity (Wildman–Crippen MR) is 59.6 cm³/mol. The molecule has 0 saturated carbocycles. The Kier molecular flexibility index (Phi) is 4.24. The van der Waals surface area contributed by atoms with E-state index in [-0.39, 0.29) is 11.7 Å². The van der Waals surface area contributed by atoms with Crippen molar-refractivity contribution < 1.29 is 14.3 Å². The van der Waals surface area contributed by atoms with Crippen molar-refractivity contribution in [2.75, 3.05) is 20.1 Å². The molecule has 5 heteroatoms. The van der Waals surface area contributed by atoms with Crippen molar-refractivity contribution in [1.82, 2.24) is 0 Å². The van der Waals surface area contributed by atoms with Crippen LogP contribution in [0.3, 0.4) is 0 Å². The van der Waals surface area contributed by atoms with E-state index in [0.29, 0.717) is 22.1 Å². The Morgan fingerprint density at radius 1 is 1.33 bits per heavy atom. The van der Waals surface area contributed by atoms with Gasteiger partial charge in [-0.15, -0.1) is 11.6 Å². The predicted octanol–water partition coefficient (Wildman–Crippen LogP) is 2.78. The molecule has 1 rings (SSSR count). The van der Waals surface area contributed by atoms with Crippen molar-refractivity contribution in [3.8, 4) is 11.5 Å². The van der Waals surface area contributed by atoms with Gasteiger partial charge < -0.3 is 9.47 Å². The molecule has 0 radical (unpaired) electrons. The first kappa shape index (κ1) is 12.1. The Morgan fingerprint density at radius 2 is 2.00 bits per heavy atom. The summed E-state index contributed by atoms with van der Waals surface area (Å²) in [7, 11) is 2.93. The zero-order chi connectivity index (χ0) is 11.4. The number of ketones is 1. The summed E-state index contributed by atoms with van der Waals surface area (Å²) in [6, 6.07) is 3.08. The molecule has 0 N–H and O–H groups in total. The Bertz CT molecular complexity index is 377. The molecule has 3 nitrogen and oxygen atoms in total. The largest absolute Gasteiger partial charge is 0.493 e. The molecule has 0 aromatic heterocycles. The molecule has 15 heavy (non-hydrogen) atoms. The fraction of sp³-hybridized carbons (Fsp3) is 0.300. The van der Waals surface area contributed by atoms with E-state index < -0.39 is 0 Å². The number of Topliss-reactive ketones (excluding diaryl/α,β-unsaturated/α-hetero) is 1. The molecule has 0 aliphatic carbocycles. The molecule has 1 aromatic rings. The second kappa shape index (κ2) is 5.24.